The van der Waals surface area contributed by atoms with Crippen molar-refractivity contribution in [1.29, 1.82) is 0 Å². The first-order valence-corrected chi connectivity index (χ1v) is 15.3. The summed E-state index contributed by atoms with van der Waals surface area (Å²) in [4.78, 5) is 0. The van der Waals surface area contributed by atoms with E-state index >= 15 is 0 Å². The van der Waals surface area contributed by atoms with Gasteiger partial charge < -0.3 is 9.47 Å². The van der Waals surface area contributed by atoms with Crippen molar-refractivity contribution in [2.45, 2.75) is 118 Å². The first kappa shape index (κ1) is 27.4. The molecule has 2 heteroatoms. The van der Waals surface area contributed by atoms with E-state index in [0.717, 1.165) is 55.4 Å². The number of rotatable bonds is 5. The summed E-state index contributed by atoms with van der Waals surface area (Å²) in [7, 11) is 0. The lowest BCUT2D eigenvalue weighted by Gasteiger charge is -2.37. The minimum absolute atomic E-state index is 0.282. The van der Waals surface area contributed by atoms with Crippen molar-refractivity contribution in [1.82, 2.24) is 0 Å². The Balaban J connectivity index is 1.50. The zero-order valence-corrected chi connectivity index (χ0v) is 25.0. The fourth-order valence-corrected chi connectivity index (χ4v) is 7.05. The standard InChI is InChI=1S/C36H50O2/c1-8-24-13-22-31-32(23-24)34(38-28-20-16-26(17-21-28)36(5,6)7)30-12-10-9-11-29(30)33(31)37-27-18-14-25(15-19-27)35(2,3)4/h9-13,22-23,25-28H,8,14-21H2,1-7H3. The number of benzene rings is 3. The maximum absolute atomic E-state index is 6.98. The van der Waals surface area contributed by atoms with Crippen LogP contribution in [0.15, 0.2) is 42.5 Å². The highest BCUT2D eigenvalue weighted by atomic mass is 16.5. The molecule has 3 aromatic carbocycles. The number of aryl methyl sites for hydroxylation is 1. The molecule has 2 aliphatic carbocycles. The highest BCUT2D eigenvalue weighted by Crippen LogP contribution is 2.47. The molecule has 2 nitrogen and oxygen atoms in total. The van der Waals surface area contributed by atoms with Crippen LogP contribution in [-0.4, -0.2) is 12.2 Å². The van der Waals surface area contributed by atoms with Gasteiger partial charge in [0.25, 0.3) is 0 Å². The van der Waals surface area contributed by atoms with Gasteiger partial charge in [0.1, 0.15) is 11.5 Å². The Morgan fingerprint density at radius 1 is 0.579 bits per heavy atom. The van der Waals surface area contributed by atoms with Gasteiger partial charge in [0.05, 0.1) is 12.2 Å². The van der Waals surface area contributed by atoms with Gasteiger partial charge in [-0.15, -0.1) is 0 Å². The molecular weight excluding hydrogens is 464 g/mol. The summed E-state index contributed by atoms with van der Waals surface area (Å²) < 4.78 is 13.9. The van der Waals surface area contributed by atoms with Gasteiger partial charge >= 0.3 is 0 Å². The largest absolute Gasteiger partial charge is 0.489 e. The van der Waals surface area contributed by atoms with Crippen molar-refractivity contribution in [3.05, 3.63) is 48.0 Å². The predicted molar refractivity (Wildman–Crippen MR) is 162 cm³/mol. The summed E-state index contributed by atoms with van der Waals surface area (Å²) in [6.45, 7) is 16.6. The van der Waals surface area contributed by atoms with Crippen LogP contribution in [0, 0.1) is 22.7 Å². The zero-order valence-electron chi connectivity index (χ0n) is 25.0. The van der Waals surface area contributed by atoms with Crippen LogP contribution in [0.2, 0.25) is 0 Å². The molecule has 206 valence electrons. The van der Waals surface area contributed by atoms with Crippen molar-refractivity contribution >= 4 is 21.5 Å². The van der Waals surface area contributed by atoms with E-state index in [1.54, 1.807) is 0 Å². The van der Waals surface area contributed by atoms with Gasteiger partial charge in [-0.2, -0.15) is 0 Å². The molecule has 2 aliphatic rings. The van der Waals surface area contributed by atoms with E-state index in [-0.39, 0.29) is 12.2 Å². The predicted octanol–water partition coefficient (Wildman–Crippen LogP) is 10.5. The second-order valence-corrected chi connectivity index (χ2v) is 14.4. The molecule has 0 unspecified atom stereocenters. The minimum Gasteiger partial charge on any atom is -0.489 e. The third-order valence-electron chi connectivity index (χ3n) is 9.76. The molecular formula is C36H50O2. The first-order valence-electron chi connectivity index (χ1n) is 15.3. The van der Waals surface area contributed by atoms with E-state index in [0.29, 0.717) is 10.8 Å². The molecule has 38 heavy (non-hydrogen) atoms. The normalized spacial score (nSPS) is 25.0. The number of ether oxygens (including phenoxy) is 2. The van der Waals surface area contributed by atoms with Crippen molar-refractivity contribution in [2.24, 2.45) is 22.7 Å². The molecule has 0 amide bonds. The maximum Gasteiger partial charge on any atom is 0.135 e. The van der Waals surface area contributed by atoms with Gasteiger partial charge in [-0.05, 0) is 92.1 Å². The van der Waals surface area contributed by atoms with E-state index in [4.69, 9.17) is 9.47 Å². The molecule has 5 rings (SSSR count). The summed E-state index contributed by atoms with van der Waals surface area (Å²) in [6, 6.07) is 15.7. The molecule has 2 fully saturated rings. The van der Waals surface area contributed by atoms with E-state index in [2.05, 4.69) is 90.9 Å². The zero-order chi connectivity index (χ0) is 27.1. The Bertz CT molecular complexity index is 1240. The number of fused-ring (bicyclic) bond motifs is 2. The molecule has 0 bridgehead atoms. The summed E-state index contributed by atoms with van der Waals surface area (Å²) >= 11 is 0. The van der Waals surface area contributed by atoms with Gasteiger partial charge in [0.15, 0.2) is 0 Å². The van der Waals surface area contributed by atoms with Gasteiger partial charge in [-0.1, -0.05) is 84.9 Å². The fraction of sp³-hybridized carbons (Fsp3) is 0.611. The molecule has 0 N–H and O–H groups in total. The van der Waals surface area contributed by atoms with Crippen molar-refractivity contribution < 1.29 is 9.47 Å². The average Bonchev–Trinajstić information content (AvgIpc) is 2.89. The number of hydrogen-bond acceptors (Lipinski definition) is 2. The van der Waals surface area contributed by atoms with Gasteiger partial charge in [0.2, 0.25) is 0 Å². The van der Waals surface area contributed by atoms with Crippen LogP contribution >= 0.6 is 0 Å². The lowest BCUT2D eigenvalue weighted by Crippen LogP contribution is -2.31. The lowest BCUT2D eigenvalue weighted by molar-refractivity contribution is 0.0885. The van der Waals surface area contributed by atoms with Gasteiger partial charge in [-0.3, -0.25) is 0 Å². The highest BCUT2D eigenvalue weighted by molar-refractivity contribution is 6.11. The molecule has 0 spiro atoms. The summed E-state index contributed by atoms with van der Waals surface area (Å²) in [6.07, 6.45) is 11.2. The second kappa shape index (κ2) is 10.7. The molecule has 0 aliphatic heterocycles. The molecule has 2 saturated carbocycles. The second-order valence-electron chi connectivity index (χ2n) is 14.4. The molecule has 0 atom stereocenters. The SMILES string of the molecule is CCc1ccc2c(OC3CCC(C(C)(C)C)CC3)c3ccccc3c(OC3CCC(C(C)(C)C)CC3)c2c1. The minimum atomic E-state index is 0.282. The Kier molecular flexibility index (Phi) is 7.73. The van der Waals surface area contributed by atoms with E-state index in [1.165, 1.54) is 52.8 Å². The van der Waals surface area contributed by atoms with Crippen LogP contribution in [-0.2, 0) is 6.42 Å². The van der Waals surface area contributed by atoms with Crippen LogP contribution < -0.4 is 9.47 Å². The van der Waals surface area contributed by atoms with E-state index in [9.17, 15) is 0 Å². The van der Waals surface area contributed by atoms with Crippen molar-refractivity contribution in [2.75, 3.05) is 0 Å². The monoisotopic (exact) mass is 514 g/mol. The van der Waals surface area contributed by atoms with Crippen LogP contribution in [0.5, 0.6) is 11.5 Å². The maximum atomic E-state index is 6.98. The van der Waals surface area contributed by atoms with E-state index < -0.39 is 0 Å². The number of hydrogen-bond donors (Lipinski definition) is 0. The summed E-state index contributed by atoms with van der Waals surface area (Å²) in [5, 5.41) is 4.82. The third kappa shape index (κ3) is 5.70. The Labute approximate surface area is 231 Å². The quantitative estimate of drug-likeness (QED) is 0.315. The molecule has 0 aromatic heterocycles. The summed E-state index contributed by atoms with van der Waals surface area (Å²) in [5.41, 5.74) is 2.11. The lowest BCUT2D eigenvalue weighted by atomic mass is 9.72. The Morgan fingerprint density at radius 2 is 1.00 bits per heavy atom. The molecule has 0 heterocycles. The topological polar surface area (TPSA) is 18.5 Å². The molecule has 3 aromatic rings. The summed E-state index contributed by atoms with van der Waals surface area (Å²) in [5.74, 6) is 3.69. The van der Waals surface area contributed by atoms with Gasteiger partial charge in [0, 0.05) is 21.5 Å². The average molecular weight is 515 g/mol. The van der Waals surface area contributed by atoms with Crippen LogP contribution in [0.1, 0.15) is 105 Å². The molecule has 0 radical (unpaired) electrons. The van der Waals surface area contributed by atoms with Crippen molar-refractivity contribution in [3.8, 4) is 11.5 Å². The Hall–Kier alpha value is -2.22. The Morgan fingerprint density at radius 3 is 1.42 bits per heavy atom. The fourth-order valence-electron chi connectivity index (χ4n) is 7.05. The third-order valence-corrected chi connectivity index (χ3v) is 9.76. The van der Waals surface area contributed by atoms with Gasteiger partial charge in [-0.25, -0.2) is 0 Å². The molecule has 0 saturated heterocycles. The van der Waals surface area contributed by atoms with Crippen molar-refractivity contribution in [3.63, 3.8) is 0 Å². The first-order chi connectivity index (χ1) is 18.0. The van der Waals surface area contributed by atoms with E-state index in [1.807, 2.05) is 0 Å². The van der Waals surface area contributed by atoms with Crippen LogP contribution in [0.4, 0.5) is 0 Å². The van der Waals surface area contributed by atoms with Crippen LogP contribution in [0.3, 0.4) is 0 Å². The smallest absolute Gasteiger partial charge is 0.135 e. The highest BCUT2D eigenvalue weighted by Gasteiger charge is 2.33. The van der Waals surface area contributed by atoms with Crippen LogP contribution in [0.25, 0.3) is 21.5 Å².